The van der Waals surface area contributed by atoms with Crippen molar-refractivity contribution in [2.75, 3.05) is 31.1 Å². The van der Waals surface area contributed by atoms with Crippen LogP contribution in [0.3, 0.4) is 0 Å². The number of hydrogen-bond donors (Lipinski definition) is 1. The number of rotatable bonds is 6. The average molecular weight is 358 g/mol. The molecule has 1 amide bonds. The molecule has 1 aromatic heterocycles. The molecule has 1 aliphatic heterocycles. The van der Waals surface area contributed by atoms with E-state index in [-0.39, 0.29) is 24.7 Å². The lowest BCUT2D eigenvalue weighted by molar-refractivity contribution is -0.138. The summed E-state index contributed by atoms with van der Waals surface area (Å²) in [4.78, 5) is 28.9. The maximum atomic E-state index is 12.6. The number of para-hydroxylation sites is 1. The van der Waals surface area contributed by atoms with Gasteiger partial charge in [-0.1, -0.05) is 24.3 Å². The second kappa shape index (κ2) is 8.16. The molecule has 0 aliphatic carbocycles. The maximum Gasteiger partial charge on any atom is 0.304 e. The Morgan fingerprint density at radius 1 is 1.00 bits per heavy atom. The molecule has 0 bridgehead atoms. The molecule has 6 heteroatoms. The van der Waals surface area contributed by atoms with Crippen LogP contribution < -0.4 is 4.90 Å². The number of carbonyl (C=O) groups is 2. The molecule has 1 N–H and O–H groups in total. The third-order valence-corrected chi connectivity index (χ3v) is 5.58. The van der Waals surface area contributed by atoms with Gasteiger partial charge in [-0.2, -0.15) is 0 Å². The Bertz CT molecular complexity index is 695. The standard InChI is InChI=1S/C19H22N2O3S/c22-18(13-15(14-19(23)24)17-7-4-12-25-17)21-10-8-20(9-11-21)16-5-2-1-3-6-16/h1-7,12,15H,8-11,13-14H2,(H,23,24). The zero-order chi connectivity index (χ0) is 17.6. The Balaban J connectivity index is 1.57. The number of nitrogens with zero attached hydrogens (tertiary/aromatic N) is 2. The molecule has 1 aliphatic rings. The minimum absolute atomic E-state index is 0.00374. The lowest BCUT2D eigenvalue weighted by atomic mass is 9.98. The van der Waals surface area contributed by atoms with Crippen LogP contribution in [0.5, 0.6) is 0 Å². The van der Waals surface area contributed by atoms with Gasteiger partial charge in [0.15, 0.2) is 0 Å². The molecule has 2 heterocycles. The van der Waals surface area contributed by atoms with Gasteiger partial charge < -0.3 is 14.9 Å². The van der Waals surface area contributed by atoms with Gasteiger partial charge in [-0.3, -0.25) is 9.59 Å². The van der Waals surface area contributed by atoms with E-state index in [1.165, 1.54) is 17.0 Å². The lowest BCUT2D eigenvalue weighted by Crippen LogP contribution is -2.49. The fourth-order valence-corrected chi connectivity index (χ4v) is 4.03. The number of carbonyl (C=O) groups excluding carboxylic acids is 1. The first-order valence-electron chi connectivity index (χ1n) is 8.46. The van der Waals surface area contributed by atoms with Gasteiger partial charge in [0.1, 0.15) is 0 Å². The molecule has 2 aromatic rings. The molecule has 25 heavy (non-hydrogen) atoms. The Morgan fingerprint density at radius 3 is 2.32 bits per heavy atom. The predicted molar refractivity (Wildman–Crippen MR) is 99.2 cm³/mol. The van der Waals surface area contributed by atoms with Gasteiger partial charge in [-0.05, 0) is 23.6 Å². The van der Waals surface area contributed by atoms with E-state index in [9.17, 15) is 9.59 Å². The zero-order valence-electron chi connectivity index (χ0n) is 14.0. The van der Waals surface area contributed by atoms with Gasteiger partial charge in [0.05, 0.1) is 6.42 Å². The van der Waals surface area contributed by atoms with Crippen LogP contribution in [0.15, 0.2) is 47.8 Å². The van der Waals surface area contributed by atoms with Gasteiger partial charge in [0.2, 0.25) is 5.91 Å². The number of anilines is 1. The second-order valence-electron chi connectivity index (χ2n) is 6.22. The van der Waals surface area contributed by atoms with Crippen LogP contribution in [-0.2, 0) is 9.59 Å². The number of hydrogen-bond acceptors (Lipinski definition) is 4. The first kappa shape index (κ1) is 17.5. The highest BCUT2D eigenvalue weighted by Gasteiger charge is 2.26. The van der Waals surface area contributed by atoms with Crippen molar-refractivity contribution in [3.63, 3.8) is 0 Å². The summed E-state index contributed by atoms with van der Waals surface area (Å²) < 4.78 is 0. The molecule has 132 valence electrons. The number of carboxylic acid groups (broad SMARTS) is 1. The number of carboxylic acids is 1. The Hall–Kier alpha value is -2.34. The first-order chi connectivity index (χ1) is 12.1. The largest absolute Gasteiger partial charge is 0.481 e. The van der Waals surface area contributed by atoms with Crippen molar-refractivity contribution < 1.29 is 14.7 Å². The summed E-state index contributed by atoms with van der Waals surface area (Å²) in [5.41, 5.74) is 1.18. The quantitative estimate of drug-likeness (QED) is 0.862. The molecule has 1 fully saturated rings. The van der Waals surface area contributed by atoms with E-state index < -0.39 is 5.97 Å². The highest BCUT2D eigenvalue weighted by Crippen LogP contribution is 2.28. The SMILES string of the molecule is O=C(O)CC(CC(=O)N1CCN(c2ccccc2)CC1)c1cccs1. The molecule has 1 unspecified atom stereocenters. The van der Waals surface area contributed by atoms with Gasteiger partial charge in [0, 0.05) is 49.1 Å². The topological polar surface area (TPSA) is 60.9 Å². The molecule has 1 saturated heterocycles. The van der Waals surface area contributed by atoms with Crippen LogP contribution >= 0.6 is 11.3 Å². The van der Waals surface area contributed by atoms with Gasteiger partial charge >= 0.3 is 5.97 Å². The van der Waals surface area contributed by atoms with E-state index in [0.29, 0.717) is 13.1 Å². The second-order valence-corrected chi connectivity index (χ2v) is 7.20. The summed E-state index contributed by atoms with van der Waals surface area (Å²) >= 11 is 1.52. The van der Waals surface area contributed by atoms with Crippen LogP contribution in [0.2, 0.25) is 0 Å². The van der Waals surface area contributed by atoms with E-state index >= 15 is 0 Å². The minimum Gasteiger partial charge on any atom is -0.481 e. The number of amides is 1. The number of benzene rings is 1. The van der Waals surface area contributed by atoms with Gasteiger partial charge in [0.25, 0.3) is 0 Å². The van der Waals surface area contributed by atoms with Crippen LogP contribution in [0.4, 0.5) is 5.69 Å². The van der Waals surface area contributed by atoms with Crippen LogP contribution in [-0.4, -0.2) is 48.1 Å². The minimum atomic E-state index is -0.861. The Morgan fingerprint density at radius 2 is 1.72 bits per heavy atom. The first-order valence-corrected chi connectivity index (χ1v) is 9.34. The van der Waals surface area contributed by atoms with E-state index in [0.717, 1.165) is 18.0 Å². The van der Waals surface area contributed by atoms with Crippen LogP contribution in [0, 0.1) is 0 Å². The van der Waals surface area contributed by atoms with E-state index in [1.54, 1.807) is 0 Å². The van der Waals surface area contributed by atoms with E-state index in [2.05, 4.69) is 17.0 Å². The molecular formula is C19H22N2O3S. The number of piperazine rings is 1. The summed E-state index contributed by atoms with van der Waals surface area (Å²) in [6, 6.07) is 14.0. The summed E-state index contributed by atoms with van der Waals surface area (Å²) in [6.45, 7) is 2.96. The molecule has 0 spiro atoms. The fourth-order valence-electron chi connectivity index (χ4n) is 3.20. The number of thiophene rings is 1. The maximum absolute atomic E-state index is 12.6. The average Bonchev–Trinajstić information content (AvgIpc) is 3.16. The molecule has 5 nitrogen and oxygen atoms in total. The normalized spacial score (nSPS) is 15.8. The van der Waals surface area contributed by atoms with Crippen molar-refractivity contribution in [3.8, 4) is 0 Å². The summed E-state index contributed by atoms with van der Waals surface area (Å²) in [5, 5.41) is 11.1. The van der Waals surface area contributed by atoms with E-state index in [1.807, 2.05) is 40.6 Å². The number of aliphatic carboxylic acids is 1. The lowest BCUT2D eigenvalue weighted by Gasteiger charge is -2.36. The third-order valence-electron chi connectivity index (χ3n) is 4.54. The van der Waals surface area contributed by atoms with Gasteiger partial charge in [-0.15, -0.1) is 11.3 Å². The monoisotopic (exact) mass is 358 g/mol. The van der Waals surface area contributed by atoms with Crippen molar-refractivity contribution in [2.45, 2.75) is 18.8 Å². The van der Waals surface area contributed by atoms with Gasteiger partial charge in [-0.25, -0.2) is 0 Å². The van der Waals surface area contributed by atoms with Crippen LogP contribution in [0.25, 0.3) is 0 Å². The van der Waals surface area contributed by atoms with Crippen LogP contribution in [0.1, 0.15) is 23.6 Å². The molecule has 0 radical (unpaired) electrons. The molecule has 1 aromatic carbocycles. The van der Waals surface area contributed by atoms with Crippen molar-refractivity contribution in [1.29, 1.82) is 0 Å². The Kier molecular flexibility index (Phi) is 5.71. The summed E-state index contributed by atoms with van der Waals surface area (Å²) in [6.07, 6.45) is 0.258. The van der Waals surface area contributed by atoms with Crippen molar-refractivity contribution in [3.05, 3.63) is 52.7 Å². The molecular weight excluding hydrogens is 336 g/mol. The zero-order valence-corrected chi connectivity index (χ0v) is 14.8. The summed E-state index contributed by atoms with van der Waals surface area (Å²) in [5.74, 6) is -1.05. The summed E-state index contributed by atoms with van der Waals surface area (Å²) in [7, 11) is 0. The third kappa shape index (κ3) is 4.60. The fraction of sp³-hybridized carbons (Fsp3) is 0.368. The Labute approximate surface area is 151 Å². The van der Waals surface area contributed by atoms with E-state index in [4.69, 9.17) is 5.11 Å². The molecule has 0 saturated carbocycles. The molecule has 3 rings (SSSR count). The highest BCUT2D eigenvalue weighted by atomic mass is 32.1. The molecule has 1 atom stereocenters. The highest BCUT2D eigenvalue weighted by molar-refractivity contribution is 7.10. The van der Waals surface area contributed by atoms with Crippen molar-refractivity contribution in [2.24, 2.45) is 0 Å². The van der Waals surface area contributed by atoms with Crippen molar-refractivity contribution >= 4 is 28.9 Å². The van der Waals surface area contributed by atoms with Crippen molar-refractivity contribution in [1.82, 2.24) is 4.90 Å². The predicted octanol–water partition coefficient (Wildman–Crippen LogP) is 3.05. The smallest absolute Gasteiger partial charge is 0.304 e.